The first-order valence-electron chi connectivity index (χ1n) is 5.12. The predicted molar refractivity (Wildman–Crippen MR) is 64.6 cm³/mol. The number of nitrogens with zero attached hydrogens (tertiary/aromatic N) is 2. The highest BCUT2D eigenvalue weighted by molar-refractivity contribution is 7.89. The van der Waals surface area contributed by atoms with E-state index < -0.39 is 16.1 Å². The Morgan fingerprint density at radius 3 is 2.82 bits per heavy atom. The molecule has 1 unspecified atom stereocenters. The molecule has 0 aliphatic heterocycles. The standard InChI is InChI=1S/C9H16ClN3O3S/c1-3-13-5-9(11-7-13)17(14,15)12-8(4-10)6-16-2/h5,7-8,12H,3-4,6H2,1-2H3. The molecule has 1 heterocycles. The molecule has 0 aliphatic carbocycles. The third-order valence-corrected chi connectivity index (χ3v) is 3.90. The summed E-state index contributed by atoms with van der Waals surface area (Å²) in [6, 6.07) is -0.460. The van der Waals surface area contributed by atoms with Gasteiger partial charge in [-0.15, -0.1) is 11.6 Å². The van der Waals surface area contributed by atoms with Crippen LogP contribution in [-0.2, 0) is 21.3 Å². The van der Waals surface area contributed by atoms with Gasteiger partial charge in [-0.1, -0.05) is 0 Å². The first-order valence-corrected chi connectivity index (χ1v) is 7.14. The predicted octanol–water partition coefficient (Wildman–Crippen LogP) is 0.435. The van der Waals surface area contributed by atoms with E-state index in [4.69, 9.17) is 16.3 Å². The van der Waals surface area contributed by atoms with Crippen LogP contribution in [0.1, 0.15) is 6.92 Å². The second-order valence-electron chi connectivity index (χ2n) is 3.47. The number of rotatable bonds is 7. The van der Waals surface area contributed by atoms with Crippen LogP contribution in [0.15, 0.2) is 17.6 Å². The van der Waals surface area contributed by atoms with Crippen molar-refractivity contribution in [2.75, 3.05) is 19.6 Å². The molecule has 6 nitrogen and oxygen atoms in total. The van der Waals surface area contributed by atoms with E-state index in [2.05, 4.69) is 9.71 Å². The van der Waals surface area contributed by atoms with Crippen LogP contribution in [0.2, 0.25) is 0 Å². The van der Waals surface area contributed by atoms with Crippen molar-refractivity contribution in [2.24, 2.45) is 0 Å². The Labute approximate surface area is 106 Å². The Morgan fingerprint density at radius 2 is 2.35 bits per heavy atom. The van der Waals surface area contributed by atoms with Crippen LogP contribution in [0.5, 0.6) is 0 Å². The molecule has 0 saturated carbocycles. The van der Waals surface area contributed by atoms with E-state index in [0.717, 1.165) is 0 Å². The SMILES string of the molecule is CCn1cnc(S(=O)(=O)NC(CCl)COC)c1. The van der Waals surface area contributed by atoms with Gasteiger partial charge < -0.3 is 9.30 Å². The quantitative estimate of drug-likeness (QED) is 0.736. The number of nitrogens with one attached hydrogen (secondary N) is 1. The molecule has 17 heavy (non-hydrogen) atoms. The third-order valence-electron chi connectivity index (χ3n) is 2.13. The van der Waals surface area contributed by atoms with E-state index in [1.54, 1.807) is 4.57 Å². The van der Waals surface area contributed by atoms with Gasteiger partial charge in [-0.2, -0.15) is 0 Å². The Balaban J connectivity index is 2.80. The smallest absolute Gasteiger partial charge is 0.259 e. The Hall–Kier alpha value is -0.630. The average molecular weight is 282 g/mol. The van der Waals surface area contributed by atoms with Gasteiger partial charge in [0.25, 0.3) is 10.0 Å². The largest absolute Gasteiger partial charge is 0.383 e. The molecule has 1 N–H and O–H groups in total. The molecule has 0 radical (unpaired) electrons. The lowest BCUT2D eigenvalue weighted by atomic mass is 10.4. The number of aryl methyl sites for hydroxylation is 1. The van der Waals surface area contributed by atoms with Gasteiger partial charge in [0.05, 0.1) is 19.0 Å². The van der Waals surface area contributed by atoms with Crippen molar-refractivity contribution in [1.82, 2.24) is 14.3 Å². The highest BCUT2D eigenvalue weighted by Gasteiger charge is 2.21. The Bertz CT molecular complexity index is 446. The number of hydrogen-bond donors (Lipinski definition) is 1. The van der Waals surface area contributed by atoms with Crippen LogP contribution in [0.3, 0.4) is 0 Å². The number of alkyl halides is 1. The molecule has 0 bridgehead atoms. The molecule has 1 atom stereocenters. The maximum absolute atomic E-state index is 11.9. The average Bonchev–Trinajstić information content (AvgIpc) is 2.77. The normalized spacial score (nSPS) is 13.8. The fourth-order valence-corrected chi connectivity index (χ4v) is 2.67. The van der Waals surface area contributed by atoms with Crippen LogP contribution in [0, 0.1) is 0 Å². The number of sulfonamides is 1. The van der Waals surface area contributed by atoms with Crippen molar-refractivity contribution in [3.8, 4) is 0 Å². The van der Waals surface area contributed by atoms with Crippen LogP contribution in [-0.4, -0.2) is 43.6 Å². The van der Waals surface area contributed by atoms with Crippen molar-refractivity contribution >= 4 is 21.6 Å². The van der Waals surface area contributed by atoms with Gasteiger partial charge in [0.1, 0.15) is 0 Å². The summed E-state index contributed by atoms with van der Waals surface area (Å²) in [4.78, 5) is 3.83. The molecule has 0 saturated heterocycles. The maximum Gasteiger partial charge on any atom is 0.259 e. The van der Waals surface area contributed by atoms with Gasteiger partial charge >= 0.3 is 0 Å². The zero-order chi connectivity index (χ0) is 12.9. The lowest BCUT2D eigenvalue weighted by Gasteiger charge is -2.13. The minimum atomic E-state index is -3.63. The second-order valence-corrected chi connectivity index (χ2v) is 5.44. The molecular formula is C9H16ClN3O3S. The van der Waals surface area contributed by atoms with Crippen molar-refractivity contribution in [1.29, 1.82) is 0 Å². The molecule has 0 fully saturated rings. The second kappa shape index (κ2) is 6.34. The highest BCUT2D eigenvalue weighted by Crippen LogP contribution is 2.06. The molecule has 98 valence electrons. The van der Waals surface area contributed by atoms with E-state index in [1.807, 2.05) is 6.92 Å². The first-order chi connectivity index (χ1) is 8.03. The maximum atomic E-state index is 11.9. The molecule has 0 amide bonds. The van der Waals surface area contributed by atoms with Gasteiger partial charge in [0.15, 0.2) is 5.03 Å². The number of hydrogen-bond acceptors (Lipinski definition) is 4. The van der Waals surface area contributed by atoms with Crippen LogP contribution < -0.4 is 4.72 Å². The van der Waals surface area contributed by atoms with Gasteiger partial charge in [-0.3, -0.25) is 0 Å². The Kier molecular flexibility index (Phi) is 5.38. The van der Waals surface area contributed by atoms with Crippen LogP contribution in [0.4, 0.5) is 0 Å². The molecule has 1 aromatic rings. The molecule has 1 rings (SSSR count). The summed E-state index contributed by atoms with van der Waals surface area (Å²) in [5.41, 5.74) is 0. The van der Waals surface area contributed by atoms with Gasteiger partial charge in [0, 0.05) is 25.7 Å². The summed E-state index contributed by atoms with van der Waals surface area (Å²) in [5, 5.41) is -0.00873. The van der Waals surface area contributed by atoms with Crippen LogP contribution >= 0.6 is 11.6 Å². The number of aromatic nitrogens is 2. The third kappa shape index (κ3) is 3.95. The molecule has 0 aliphatic rings. The highest BCUT2D eigenvalue weighted by atomic mass is 35.5. The summed E-state index contributed by atoms with van der Waals surface area (Å²) in [5.74, 6) is 0.140. The van der Waals surface area contributed by atoms with Crippen molar-refractivity contribution < 1.29 is 13.2 Å². The topological polar surface area (TPSA) is 73.2 Å². The molecule has 1 aromatic heterocycles. The summed E-state index contributed by atoms with van der Waals surface area (Å²) in [7, 11) is -2.14. The van der Waals surface area contributed by atoms with Crippen molar-refractivity contribution in [3.63, 3.8) is 0 Å². The van der Waals surface area contributed by atoms with E-state index in [9.17, 15) is 8.42 Å². The number of ether oxygens (including phenoxy) is 1. The van der Waals surface area contributed by atoms with E-state index in [1.165, 1.54) is 19.6 Å². The fourth-order valence-electron chi connectivity index (χ4n) is 1.24. The molecule has 0 aromatic carbocycles. The van der Waals surface area contributed by atoms with E-state index in [-0.39, 0.29) is 17.5 Å². The first kappa shape index (κ1) is 14.4. The summed E-state index contributed by atoms with van der Waals surface area (Å²) >= 11 is 5.64. The minimum Gasteiger partial charge on any atom is -0.383 e. The molecule has 8 heteroatoms. The minimum absolute atomic E-state index is 0.00873. The zero-order valence-corrected chi connectivity index (χ0v) is 11.3. The lowest BCUT2D eigenvalue weighted by Crippen LogP contribution is -2.39. The van der Waals surface area contributed by atoms with Crippen LogP contribution in [0.25, 0.3) is 0 Å². The summed E-state index contributed by atoms with van der Waals surface area (Å²) in [6.07, 6.45) is 2.95. The lowest BCUT2D eigenvalue weighted by molar-refractivity contribution is 0.181. The van der Waals surface area contributed by atoms with Gasteiger partial charge in [0.2, 0.25) is 0 Å². The fraction of sp³-hybridized carbons (Fsp3) is 0.667. The molecular weight excluding hydrogens is 266 g/mol. The van der Waals surface area contributed by atoms with Gasteiger partial charge in [-0.25, -0.2) is 18.1 Å². The number of halogens is 1. The number of methoxy groups -OCH3 is 1. The van der Waals surface area contributed by atoms with Gasteiger partial charge in [-0.05, 0) is 6.92 Å². The zero-order valence-electron chi connectivity index (χ0n) is 9.76. The Morgan fingerprint density at radius 1 is 1.65 bits per heavy atom. The summed E-state index contributed by atoms with van der Waals surface area (Å²) < 4.78 is 32.8. The number of imidazole rings is 1. The summed E-state index contributed by atoms with van der Waals surface area (Å²) in [6.45, 7) is 2.79. The van der Waals surface area contributed by atoms with Crippen molar-refractivity contribution in [3.05, 3.63) is 12.5 Å². The van der Waals surface area contributed by atoms with E-state index in [0.29, 0.717) is 6.54 Å². The monoisotopic (exact) mass is 281 g/mol. The molecule has 0 spiro atoms. The van der Waals surface area contributed by atoms with E-state index >= 15 is 0 Å². The van der Waals surface area contributed by atoms with Crippen molar-refractivity contribution in [2.45, 2.75) is 24.5 Å².